The molecule has 5 rings (SSSR count). The third-order valence-corrected chi connectivity index (χ3v) is 13.3. The van der Waals surface area contributed by atoms with Gasteiger partial charge in [0.25, 0.3) is 11.8 Å². The summed E-state index contributed by atoms with van der Waals surface area (Å²) in [6.07, 6.45) is 3.34. The molecule has 8 N–H and O–H groups in total. The molecule has 0 bridgehead atoms. The van der Waals surface area contributed by atoms with Crippen LogP contribution in [0.2, 0.25) is 0 Å². The molecule has 1 aromatic carbocycles. The van der Waals surface area contributed by atoms with Crippen LogP contribution in [-0.4, -0.2) is 143 Å². The molecule has 0 radical (unpaired) electrons. The van der Waals surface area contributed by atoms with Crippen LogP contribution < -0.4 is 42.5 Å². The van der Waals surface area contributed by atoms with Crippen LogP contribution in [0.3, 0.4) is 0 Å². The minimum atomic E-state index is -1.02. The minimum absolute atomic E-state index is 0. The molecule has 406 valence electrons. The quantitative estimate of drug-likeness (QED) is 0.0915. The average molecular weight is 1070 g/mol. The van der Waals surface area contributed by atoms with Crippen molar-refractivity contribution in [2.75, 3.05) is 27.2 Å². The fourth-order valence-corrected chi connectivity index (χ4v) is 8.66. The number of nitrogens with zero attached hydrogens (tertiary/aromatic N) is 4. The maximum atomic E-state index is 14.5. The standard InChI is InChI=1S/C52H74N12O8.2ClH/c1-29(37-20-13-15-22-55-37)57-47(69)39-25-35(27-63(39)49(71)41(51(5,6)7)61-43(65)31(3)53-11)59-45(67)33-18-17-19-34(24-33)46(68)60-36-26-40(48(70)58-30(2)38-21-14-16-23-56-38)64(28-36)50(72)42(52(8,9)10)62-44(66)32(4)54-12;;/h13-24,29-32,35-36,39-42,53-54H,25-28H2,1-12H3,(H,57,69)(H,58,70)(H,59,67)(H,60,68)(H,61,65)(H,62,66);2*1H/t29-,30-,31+,32+,35+,36+,39+,40+,41-,42-;;/m1../s1. The highest BCUT2D eigenvalue weighted by Crippen LogP contribution is 2.29. The molecule has 4 heterocycles. The van der Waals surface area contributed by atoms with Crippen molar-refractivity contribution in [2.45, 2.75) is 142 Å². The number of likely N-dealkylation sites (tertiary alicyclic amines) is 2. The Morgan fingerprint density at radius 3 is 1.22 bits per heavy atom. The predicted octanol–water partition coefficient (Wildman–Crippen LogP) is 2.75. The lowest BCUT2D eigenvalue weighted by atomic mass is 9.85. The number of halogens is 2. The molecular formula is C52H76Cl2N12O8. The number of benzene rings is 1. The molecule has 0 aliphatic carbocycles. The maximum absolute atomic E-state index is 14.5. The summed E-state index contributed by atoms with van der Waals surface area (Å²) < 4.78 is 0. The summed E-state index contributed by atoms with van der Waals surface area (Å²) in [7, 11) is 3.27. The van der Waals surface area contributed by atoms with Crippen LogP contribution in [0.1, 0.15) is 126 Å². The zero-order valence-corrected chi connectivity index (χ0v) is 46.0. The SMILES string of the molecule is CN[C@@H](C)C(=O)N[C@H](C(=O)N1C[C@@H](NC(=O)c2cccc(C(=O)N[C@H]3C[C@@H](C(=O)N[C@H](C)c4ccccn4)N(C(=O)[C@@H](NC(=O)[C@H](C)NC)C(C)(C)C)C3)c2)C[C@H]1C(=O)N[C@H](C)c1ccccn1)C(C)(C)C.Cl.Cl. The van der Waals surface area contributed by atoms with E-state index in [1.807, 2.05) is 41.5 Å². The lowest BCUT2D eigenvalue weighted by Gasteiger charge is -2.36. The van der Waals surface area contributed by atoms with E-state index in [0.717, 1.165) is 0 Å². The summed E-state index contributed by atoms with van der Waals surface area (Å²) in [4.78, 5) is 123. The Morgan fingerprint density at radius 2 is 0.905 bits per heavy atom. The van der Waals surface area contributed by atoms with Crippen molar-refractivity contribution in [3.8, 4) is 0 Å². The number of hydrogen-bond acceptors (Lipinski definition) is 12. The van der Waals surface area contributed by atoms with Crippen LogP contribution in [-0.2, 0) is 28.8 Å². The third kappa shape index (κ3) is 15.9. The van der Waals surface area contributed by atoms with Gasteiger partial charge in [-0.25, -0.2) is 0 Å². The van der Waals surface area contributed by atoms with Crippen molar-refractivity contribution in [1.29, 1.82) is 0 Å². The number of nitrogens with one attached hydrogen (secondary N) is 8. The summed E-state index contributed by atoms with van der Waals surface area (Å²) in [5, 5.41) is 23.4. The topological polar surface area (TPSA) is 265 Å². The van der Waals surface area contributed by atoms with Gasteiger partial charge >= 0.3 is 0 Å². The highest BCUT2D eigenvalue weighted by molar-refractivity contribution is 6.01. The van der Waals surface area contributed by atoms with Crippen LogP contribution in [0.25, 0.3) is 0 Å². The zero-order chi connectivity index (χ0) is 53.2. The fraction of sp³-hybridized carbons (Fsp3) is 0.538. The molecule has 10 atom stereocenters. The van der Waals surface area contributed by atoms with Crippen molar-refractivity contribution < 1.29 is 38.4 Å². The highest BCUT2D eigenvalue weighted by atomic mass is 35.5. The average Bonchev–Trinajstić information content (AvgIpc) is 3.98. The van der Waals surface area contributed by atoms with Gasteiger partial charge in [-0.3, -0.25) is 48.3 Å². The Hall–Kier alpha value is -6.22. The fourth-order valence-electron chi connectivity index (χ4n) is 8.66. The lowest BCUT2D eigenvalue weighted by Crippen LogP contribution is -2.59. The smallest absolute Gasteiger partial charge is 0.251 e. The van der Waals surface area contributed by atoms with Crippen molar-refractivity contribution in [2.24, 2.45) is 10.8 Å². The van der Waals surface area contributed by atoms with E-state index in [2.05, 4.69) is 52.5 Å². The van der Waals surface area contributed by atoms with Crippen LogP contribution >= 0.6 is 24.8 Å². The van der Waals surface area contributed by atoms with Gasteiger partial charge in [0.1, 0.15) is 24.2 Å². The summed E-state index contributed by atoms with van der Waals surface area (Å²) in [5.74, 6) is -3.82. The molecule has 0 spiro atoms. The largest absolute Gasteiger partial charge is 0.347 e. The van der Waals surface area contributed by atoms with Gasteiger partial charge in [-0.15, -0.1) is 24.8 Å². The van der Waals surface area contributed by atoms with Gasteiger partial charge < -0.3 is 52.3 Å². The van der Waals surface area contributed by atoms with Crippen LogP contribution in [0.15, 0.2) is 73.1 Å². The predicted molar refractivity (Wildman–Crippen MR) is 285 cm³/mol. The summed E-state index contributed by atoms with van der Waals surface area (Å²) in [6.45, 7) is 17.7. The number of rotatable bonds is 18. The third-order valence-electron chi connectivity index (χ3n) is 13.3. The minimum Gasteiger partial charge on any atom is -0.347 e. The molecule has 20 nitrogen and oxygen atoms in total. The second-order valence-electron chi connectivity index (χ2n) is 21.0. The molecule has 74 heavy (non-hydrogen) atoms. The van der Waals surface area contributed by atoms with Crippen LogP contribution in [0.5, 0.6) is 0 Å². The second kappa shape index (κ2) is 26.8. The molecule has 0 unspecified atom stereocenters. The summed E-state index contributed by atoms with van der Waals surface area (Å²) in [5.41, 5.74) is -0.0489. The van der Waals surface area contributed by atoms with Crippen molar-refractivity contribution in [1.82, 2.24) is 62.3 Å². The van der Waals surface area contributed by atoms with E-state index in [1.165, 1.54) is 28.0 Å². The van der Waals surface area contributed by atoms with Crippen molar-refractivity contribution >= 4 is 72.1 Å². The Bertz CT molecular complexity index is 2280. The van der Waals surface area contributed by atoms with E-state index in [0.29, 0.717) is 11.4 Å². The van der Waals surface area contributed by atoms with E-state index in [1.54, 1.807) is 96.6 Å². The first kappa shape index (κ1) is 62.1. The van der Waals surface area contributed by atoms with Gasteiger partial charge in [0.2, 0.25) is 35.4 Å². The molecule has 2 aromatic heterocycles. The van der Waals surface area contributed by atoms with E-state index in [4.69, 9.17) is 0 Å². The molecule has 2 saturated heterocycles. The Balaban J connectivity index is 0.00000722. The first-order valence-corrected chi connectivity index (χ1v) is 24.5. The first-order valence-electron chi connectivity index (χ1n) is 24.5. The molecule has 8 amide bonds. The Kier molecular flexibility index (Phi) is 22.5. The highest BCUT2D eigenvalue weighted by Gasteiger charge is 2.47. The first-order chi connectivity index (χ1) is 33.8. The normalized spacial score (nSPS) is 19.9. The maximum Gasteiger partial charge on any atom is 0.251 e. The van der Waals surface area contributed by atoms with Crippen LogP contribution in [0, 0.1) is 10.8 Å². The van der Waals surface area contributed by atoms with Gasteiger partial charge in [0, 0.05) is 48.7 Å². The van der Waals surface area contributed by atoms with E-state index in [9.17, 15) is 38.4 Å². The molecular weight excluding hydrogens is 992 g/mol. The number of pyridine rings is 2. The lowest BCUT2D eigenvalue weighted by molar-refractivity contribution is -0.144. The molecule has 3 aromatic rings. The zero-order valence-electron chi connectivity index (χ0n) is 44.4. The number of carbonyl (C=O) groups excluding carboxylic acids is 8. The Labute approximate surface area is 447 Å². The van der Waals surface area contributed by atoms with Gasteiger partial charge in [-0.1, -0.05) is 59.7 Å². The number of likely N-dealkylation sites (N-methyl/N-ethyl adjacent to an activating group) is 2. The van der Waals surface area contributed by atoms with Crippen molar-refractivity contribution in [3.63, 3.8) is 0 Å². The molecule has 2 aliphatic rings. The molecule has 22 heteroatoms. The Morgan fingerprint density at radius 1 is 0.541 bits per heavy atom. The second-order valence-corrected chi connectivity index (χ2v) is 21.0. The van der Waals surface area contributed by atoms with Gasteiger partial charge in [-0.05, 0) is 108 Å². The number of aromatic nitrogens is 2. The number of carbonyl (C=O) groups is 8. The molecule has 2 fully saturated rings. The van der Waals surface area contributed by atoms with Gasteiger partial charge in [-0.2, -0.15) is 0 Å². The van der Waals surface area contributed by atoms with Gasteiger partial charge in [0.05, 0.1) is 35.6 Å². The van der Waals surface area contributed by atoms with E-state index in [-0.39, 0.29) is 61.9 Å². The monoisotopic (exact) mass is 1070 g/mol. The van der Waals surface area contributed by atoms with Crippen molar-refractivity contribution in [3.05, 3.63) is 95.6 Å². The van der Waals surface area contributed by atoms with Gasteiger partial charge in [0.15, 0.2) is 0 Å². The van der Waals surface area contributed by atoms with E-state index >= 15 is 0 Å². The van der Waals surface area contributed by atoms with E-state index < -0.39 is 119 Å². The summed E-state index contributed by atoms with van der Waals surface area (Å²) in [6, 6.07) is 8.99. The number of hydrogen-bond donors (Lipinski definition) is 8. The molecule has 0 saturated carbocycles. The molecule has 2 aliphatic heterocycles. The van der Waals surface area contributed by atoms with Crippen LogP contribution in [0.4, 0.5) is 0 Å². The summed E-state index contributed by atoms with van der Waals surface area (Å²) >= 11 is 0. The number of amides is 8.